The number of aromatic nitrogens is 3. The number of nitrogens with two attached hydrogens (primary N) is 1. The van der Waals surface area contributed by atoms with Crippen LogP contribution in [0.5, 0.6) is 0 Å². The first-order valence-electron chi connectivity index (χ1n) is 6.11. The van der Waals surface area contributed by atoms with Crippen LogP contribution in [0.25, 0.3) is 5.69 Å². The Morgan fingerprint density at radius 1 is 1.16 bits per heavy atom. The summed E-state index contributed by atoms with van der Waals surface area (Å²) in [6.07, 6.45) is 3.15. The SMILES string of the molecule is NS(=O)(=O)c1nnc(C2CCC2)n1-c1ccccc1. The molecule has 1 heterocycles. The van der Waals surface area contributed by atoms with Crippen LogP contribution in [0, 0.1) is 0 Å². The third-order valence-corrected chi connectivity index (χ3v) is 4.17. The van der Waals surface area contributed by atoms with Crippen LogP contribution >= 0.6 is 0 Å². The molecule has 1 aliphatic rings. The average molecular weight is 278 g/mol. The van der Waals surface area contributed by atoms with Gasteiger partial charge in [-0.05, 0) is 25.0 Å². The van der Waals surface area contributed by atoms with E-state index in [1.165, 1.54) is 0 Å². The van der Waals surface area contributed by atoms with E-state index >= 15 is 0 Å². The molecule has 0 atom stereocenters. The molecule has 0 amide bonds. The lowest BCUT2D eigenvalue weighted by atomic mass is 9.85. The second-order valence-corrected chi connectivity index (χ2v) is 6.14. The topological polar surface area (TPSA) is 90.9 Å². The van der Waals surface area contributed by atoms with Crippen LogP contribution in [0.2, 0.25) is 0 Å². The predicted octanol–water partition coefficient (Wildman–Crippen LogP) is 1.18. The summed E-state index contributed by atoms with van der Waals surface area (Å²) in [6.45, 7) is 0. The molecule has 0 saturated heterocycles. The van der Waals surface area contributed by atoms with Crippen molar-refractivity contribution in [2.75, 3.05) is 0 Å². The monoisotopic (exact) mass is 278 g/mol. The number of nitrogens with zero attached hydrogens (tertiary/aromatic N) is 3. The van der Waals surface area contributed by atoms with Gasteiger partial charge in [0.15, 0.2) is 0 Å². The fourth-order valence-electron chi connectivity index (χ4n) is 2.22. The minimum absolute atomic E-state index is 0.194. The first-order valence-corrected chi connectivity index (χ1v) is 7.65. The van der Waals surface area contributed by atoms with Crippen LogP contribution < -0.4 is 5.14 Å². The van der Waals surface area contributed by atoms with Crippen molar-refractivity contribution in [3.05, 3.63) is 36.2 Å². The number of rotatable bonds is 3. The third-order valence-electron chi connectivity index (χ3n) is 3.40. The van der Waals surface area contributed by atoms with Gasteiger partial charge in [0.2, 0.25) is 0 Å². The number of hydrogen-bond donors (Lipinski definition) is 1. The van der Waals surface area contributed by atoms with Gasteiger partial charge in [0, 0.05) is 11.6 Å². The maximum Gasteiger partial charge on any atom is 0.274 e. The van der Waals surface area contributed by atoms with Crippen molar-refractivity contribution in [2.24, 2.45) is 5.14 Å². The lowest BCUT2D eigenvalue weighted by Gasteiger charge is -2.25. The van der Waals surface area contributed by atoms with Gasteiger partial charge in [-0.3, -0.25) is 4.57 Å². The number of primary sulfonamides is 1. The minimum Gasteiger partial charge on any atom is -0.268 e. The number of benzene rings is 1. The molecular formula is C12H14N4O2S. The van der Waals surface area contributed by atoms with Gasteiger partial charge < -0.3 is 0 Å². The van der Waals surface area contributed by atoms with Crippen LogP contribution in [-0.4, -0.2) is 23.2 Å². The van der Waals surface area contributed by atoms with Gasteiger partial charge in [0.05, 0.1) is 0 Å². The minimum atomic E-state index is -3.89. The normalized spacial score (nSPS) is 16.3. The average Bonchev–Trinajstić information content (AvgIpc) is 2.72. The standard InChI is InChI=1S/C12H14N4O2S/c13-19(17,18)12-15-14-11(9-5-4-6-9)16(12)10-7-2-1-3-8-10/h1-3,7-9H,4-6H2,(H2,13,17,18). The van der Waals surface area contributed by atoms with E-state index in [1.54, 1.807) is 4.57 Å². The molecule has 1 saturated carbocycles. The maximum absolute atomic E-state index is 11.6. The third kappa shape index (κ3) is 2.15. The van der Waals surface area contributed by atoms with E-state index in [-0.39, 0.29) is 11.1 Å². The molecule has 0 aliphatic heterocycles. The van der Waals surface area contributed by atoms with Gasteiger partial charge in [-0.2, -0.15) is 0 Å². The highest BCUT2D eigenvalue weighted by molar-refractivity contribution is 7.89. The Labute approximate surface area is 111 Å². The predicted molar refractivity (Wildman–Crippen MR) is 69.3 cm³/mol. The Balaban J connectivity index is 2.21. The summed E-state index contributed by atoms with van der Waals surface area (Å²) >= 11 is 0. The van der Waals surface area contributed by atoms with E-state index in [0.29, 0.717) is 5.82 Å². The Bertz CT molecular complexity index is 690. The summed E-state index contributed by atoms with van der Waals surface area (Å²) in [5.41, 5.74) is 0.721. The Hall–Kier alpha value is -1.73. The lowest BCUT2D eigenvalue weighted by molar-refractivity contribution is 0.395. The highest BCUT2D eigenvalue weighted by Crippen LogP contribution is 2.36. The second-order valence-electron chi connectivity index (χ2n) is 4.68. The first kappa shape index (κ1) is 12.3. The largest absolute Gasteiger partial charge is 0.274 e. The van der Waals surface area contributed by atoms with Crippen LogP contribution in [0.15, 0.2) is 35.5 Å². The van der Waals surface area contributed by atoms with E-state index in [9.17, 15) is 8.42 Å². The van der Waals surface area contributed by atoms with Crippen LogP contribution in [0.1, 0.15) is 31.0 Å². The molecular weight excluding hydrogens is 264 g/mol. The van der Waals surface area contributed by atoms with Gasteiger partial charge in [-0.25, -0.2) is 13.6 Å². The molecule has 2 N–H and O–H groups in total. The highest BCUT2D eigenvalue weighted by Gasteiger charge is 2.30. The lowest BCUT2D eigenvalue weighted by Crippen LogP contribution is -2.20. The summed E-state index contributed by atoms with van der Waals surface area (Å²) in [6, 6.07) is 9.19. The molecule has 2 aromatic rings. The zero-order chi connectivity index (χ0) is 13.5. The molecule has 100 valence electrons. The first-order chi connectivity index (χ1) is 9.07. The fraction of sp³-hybridized carbons (Fsp3) is 0.333. The summed E-state index contributed by atoms with van der Waals surface area (Å²) < 4.78 is 24.8. The fourth-order valence-corrected chi connectivity index (χ4v) is 2.82. The van der Waals surface area contributed by atoms with Crippen molar-refractivity contribution in [1.29, 1.82) is 0 Å². The number of para-hydroxylation sites is 1. The van der Waals surface area contributed by atoms with E-state index in [1.807, 2.05) is 30.3 Å². The zero-order valence-corrected chi connectivity index (χ0v) is 11.0. The molecule has 6 nitrogen and oxygen atoms in total. The summed E-state index contributed by atoms with van der Waals surface area (Å²) in [5.74, 6) is 0.949. The van der Waals surface area contributed by atoms with Crippen molar-refractivity contribution in [3.63, 3.8) is 0 Å². The summed E-state index contributed by atoms with van der Waals surface area (Å²) in [7, 11) is -3.89. The Morgan fingerprint density at radius 2 is 1.84 bits per heavy atom. The molecule has 0 unspecified atom stereocenters. The molecule has 1 aliphatic carbocycles. The maximum atomic E-state index is 11.6. The van der Waals surface area contributed by atoms with Gasteiger partial charge in [-0.15, -0.1) is 10.2 Å². The van der Waals surface area contributed by atoms with Gasteiger partial charge >= 0.3 is 0 Å². The molecule has 19 heavy (non-hydrogen) atoms. The summed E-state index contributed by atoms with van der Waals surface area (Å²) in [5, 5.41) is 12.8. The molecule has 7 heteroatoms. The van der Waals surface area contributed by atoms with Crippen molar-refractivity contribution in [3.8, 4) is 5.69 Å². The molecule has 0 spiro atoms. The van der Waals surface area contributed by atoms with Crippen LogP contribution in [0.3, 0.4) is 0 Å². The molecule has 0 bridgehead atoms. The van der Waals surface area contributed by atoms with Crippen molar-refractivity contribution in [1.82, 2.24) is 14.8 Å². The van der Waals surface area contributed by atoms with Crippen molar-refractivity contribution < 1.29 is 8.42 Å². The van der Waals surface area contributed by atoms with E-state index in [4.69, 9.17) is 5.14 Å². The van der Waals surface area contributed by atoms with Crippen LogP contribution in [-0.2, 0) is 10.0 Å². The smallest absolute Gasteiger partial charge is 0.268 e. The van der Waals surface area contributed by atoms with E-state index in [0.717, 1.165) is 24.9 Å². The van der Waals surface area contributed by atoms with Gasteiger partial charge in [0.25, 0.3) is 15.2 Å². The molecule has 1 aromatic heterocycles. The Morgan fingerprint density at radius 3 is 2.37 bits per heavy atom. The van der Waals surface area contributed by atoms with Crippen molar-refractivity contribution in [2.45, 2.75) is 30.3 Å². The van der Waals surface area contributed by atoms with E-state index in [2.05, 4.69) is 10.2 Å². The van der Waals surface area contributed by atoms with E-state index < -0.39 is 10.0 Å². The second kappa shape index (κ2) is 4.43. The van der Waals surface area contributed by atoms with Gasteiger partial charge in [-0.1, -0.05) is 24.6 Å². The molecule has 1 fully saturated rings. The molecule has 1 aromatic carbocycles. The summed E-state index contributed by atoms with van der Waals surface area (Å²) in [4.78, 5) is 0. The molecule has 3 rings (SSSR count). The van der Waals surface area contributed by atoms with Crippen LogP contribution in [0.4, 0.5) is 0 Å². The molecule has 0 radical (unpaired) electrons. The zero-order valence-electron chi connectivity index (χ0n) is 10.2. The van der Waals surface area contributed by atoms with Gasteiger partial charge in [0.1, 0.15) is 5.82 Å². The quantitative estimate of drug-likeness (QED) is 0.912. The Kier molecular flexibility index (Phi) is 2.87. The number of hydrogen-bond acceptors (Lipinski definition) is 4. The highest BCUT2D eigenvalue weighted by atomic mass is 32.2. The number of sulfonamides is 1. The van der Waals surface area contributed by atoms with Crippen molar-refractivity contribution >= 4 is 10.0 Å².